The first-order chi connectivity index (χ1) is 12.6. The molecule has 0 aliphatic rings. The number of hydrogen-bond donors (Lipinski definition) is 2. The minimum Gasteiger partial charge on any atom is -0.364 e. The molecule has 1 unspecified atom stereocenters. The number of carbonyl (C=O) groups excluding carboxylic acids is 1. The quantitative estimate of drug-likeness (QED) is 0.445. The molecule has 6 nitrogen and oxygen atoms in total. The van der Waals surface area contributed by atoms with E-state index in [-0.39, 0.29) is 17.6 Å². The van der Waals surface area contributed by atoms with Gasteiger partial charge in [0, 0.05) is 18.1 Å². The Balaban J connectivity index is 1.43. The van der Waals surface area contributed by atoms with Crippen LogP contribution in [0.15, 0.2) is 47.3 Å². The van der Waals surface area contributed by atoms with Gasteiger partial charge in [-0.15, -0.1) is 0 Å². The van der Waals surface area contributed by atoms with Crippen molar-refractivity contribution < 1.29 is 13.7 Å². The maximum atomic E-state index is 13.8. The average molecular weight is 356 g/mol. The number of carbonyl (C=O) groups is 1. The van der Waals surface area contributed by atoms with Crippen molar-refractivity contribution in [1.82, 2.24) is 15.1 Å². The Morgan fingerprint density at radius 3 is 2.85 bits per heavy atom. The first-order valence-corrected chi connectivity index (χ1v) is 8.64. The highest BCUT2D eigenvalue weighted by atomic mass is 19.1. The fraction of sp³-hybridized carbons (Fsp3) is 0.316. The molecule has 0 bridgehead atoms. The second kappa shape index (κ2) is 8.53. The summed E-state index contributed by atoms with van der Waals surface area (Å²) >= 11 is 0. The summed E-state index contributed by atoms with van der Waals surface area (Å²) in [5.41, 5.74) is 7.63. The SMILES string of the molecule is NC(CCCCCC(=O)c1ccon1)c1ncc(-c2ccccc2F)[nH]1. The number of imidazole rings is 1. The van der Waals surface area contributed by atoms with Crippen molar-refractivity contribution in [3.8, 4) is 11.3 Å². The fourth-order valence-corrected chi connectivity index (χ4v) is 2.79. The molecular weight excluding hydrogens is 335 g/mol. The van der Waals surface area contributed by atoms with Crippen LogP contribution < -0.4 is 5.73 Å². The Labute approximate surface area is 150 Å². The van der Waals surface area contributed by atoms with Gasteiger partial charge in [-0.1, -0.05) is 30.1 Å². The van der Waals surface area contributed by atoms with E-state index in [1.165, 1.54) is 12.3 Å². The summed E-state index contributed by atoms with van der Waals surface area (Å²) in [6.07, 6.45) is 6.72. The van der Waals surface area contributed by atoms with Crippen LogP contribution in [0, 0.1) is 5.82 Å². The minimum absolute atomic E-state index is 0.0105. The molecule has 0 saturated heterocycles. The van der Waals surface area contributed by atoms with Crippen molar-refractivity contribution in [2.45, 2.75) is 38.1 Å². The Hall–Kier alpha value is -2.80. The van der Waals surface area contributed by atoms with Crippen LogP contribution in [0.5, 0.6) is 0 Å². The van der Waals surface area contributed by atoms with Gasteiger partial charge in [-0.05, 0) is 25.0 Å². The number of ketones is 1. The molecule has 0 aliphatic carbocycles. The summed E-state index contributed by atoms with van der Waals surface area (Å²) in [6.45, 7) is 0. The number of hydrogen-bond acceptors (Lipinski definition) is 5. The van der Waals surface area contributed by atoms with Crippen LogP contribution in [0.3, 0.4) is 0 Å². The van der Waals surface area contributed by atoms with Gasteiger partial charge in [-0.25, -0.2) is 9.37 Å². The van der Waals surface area contributed by atoms with Gasteiger partial charge in [0.1, 0.15) is 23.6 Å². The summed E-state index contributed by atoms with van der Waals surface area (Å²) < 4.78 is 18.5. The van der Waals surface area contributed by atoms with Crippen LogP contribution in [0.2, 0.25) is 0 Å². The molecule has 0 saturated carbocycles. The van der Waals surface area contributed by atoms with Gasteiger partial charge >= 0.3 is 0 Å². The summed E-state index contributed by atoms with van der Waals surface area (Å²) in [7, 11) is 0. The number of halogens is 1. The van der Waals surface area contributed by atoms with E-state index in [1.807, 2.05) is 0 Å². The Morgan fingerprint density at radius 2 is 2.08 bits per heavy atom. The highest BCUT2D eigenvalue weighted by molar-refractivity contribution is 5.93. The van der Waals surface area contributed by atoms with Crippen LogP contribution in [0.1, 0.15) is 54.5 Å². The van der Waals surface area contributed by atoms with Gasteiger partial charge in [0.05, 0.1) is 17.9 Å². The topological polar surface area (TPSA) is 97.8 Å². The monoisotopic (exact) mass is 356 g/mol. The smallest absolute Gasteiger partial charge is 0.184 e. The van der Waals surface area contributed by atoms with Crippen LogP contribution in [-0.4, -0.2) is 20.9 Å². The lowest BCUT2D eigenvalue weighted by atomic mass is 10.1. The largest absolute Gasteiger partial charge is 0.364 e. The van der Waals surface area contributed by atoms with Crippen molar-refractivity contribution in [2.75, 3.05) is 0 Å². The fourth-order valence-electron chi connectivity index (χ4n) is 2.79. The van der Waals surface area contributed by atoms with Crippen LogP contribution in [0.4, 0.5) is 4.39 Å². The molecule has 1 aromatic carbocycles. The number of nitrogens with zero attached hydrogens (tertiary/aromatic N) is 2. The molecule has 3 rings (SSSR count). The van der Waals surface area contributed by atoms with E-state index >= 15 is 0 Å². The third kappa shape index (κ3) is 4.43. The number of H-pyrrole nitrogens is 1. The Morgan fingerprint density at radius 1 is 1.23 bits per heavy atom. The zero-order valence-corrected chi connectivity index (χ0v) is 14.3. The maximum Gasteiger partial charge on any atom is 0.184 e. The highest BCUT2D eigenvalue weighted by Crippen LogP contribution is 2.23. The van der Waals surface area contributed by atoms with E-state index in [0.717, 1.165) is 25.7 Å². The molecular formula is C19H21FN4O2. The normalized spacial score (nSPS) is 12.2. The molecule has 3 aromatic rings. The Kier molecular flexibility index (Phi) is 5.91. The number of nitrogens with two attached hydrogens (primary N) is 1. The van der Waals surface area contributed by atoms with E-state index in [9.17, 15) is 9.18 Å². The third-order valence-corrected chi connectivity index (χ3v) is 4.25. The first-order valence-electron chi connectivity index (χ1n) is 8.64. The zero-order chi connectivity index (χ0) is 18.4. The average Bonchev–Trinajstić information content (AvgIpc) is 3.33. The standard InChI is InChI=1S/C19H21FN4O2/c20-14-7-5-4-6-13(14)17-12-22-19(23-17)15(21)8-2-1-3-9-18(25)16-10-11-26-24-16/h4-7,10-12,15H,1-3,8-9,21H2,(H,22,23). The molecule has 26 heavy (non-hydrogen) atoms. The Bertz CT molecular complexity index is 845. The molecule has 0 spiro atoms. The van der Waals surface area contributed by atoms with Crippen molar-refractivity contribution in [3.05, 3.63) is 60.1 Å². The molecule has 7 heteroatoms. The van der Waals surface area contributed by atoms with Gasteiger partial charge in [0.25, 0.3) is 0 Å². The van der Waals surface area contributed by atoms with Crippen molar-refractivity contribution >= 4 is 5.78 Å². The lowest BCUT2D eigenvalue weighted by Crippen LogP contribution is -2.12. The van der Waals surface area contributed by atoms with E-state index < -0.39 is 0 Å². The van der Waals surface area contributed by atoms with Crippen LogP contribution in [-0.2, 0) is 0 Å². The van der Waals surface area contributed by atoms with Gasteiger partial charge in [-0.2, -0.15) is 0 Å². The summed E-state index contributed by atoms with van der Waals surface area (Å²) in [6, 6.07) is 7.86. The summed E-state index contributed by atoms with van der Waals surface area (Å²) in [5.74, 6) is 0.332. The van der Waals surface area contributed by atoms with E-state index in [1.54, 1.807) is 30.5 Å². The maximum absolute atomic E-state index is 13.8. The number of benzene rings is 1. The molecule has 0 fully saturated rings. The summed E-state index contributed by atoms with van der Waals surface area (Å²) in [4.78, 5) is 19.2. The van der Waals surface area contributed by atoms with E-state index in [0.29, 0.717) is 29.2 Å². The molecule has 136 valence electrons. The predicted octanol–water partition coefficient (Wildman–Crippen LogP) is 4.04. The van der Waals surface area contributed by atoms with Gasteiger partial charge < -0.3 is 15.2 Å². The summed E-state index contributed by atoms with van der Waals surface area (Å²) in [5, 5.41) is 3.63. The van der Waals surface area contributed by atoms with Crippen molar-refractivity contribution in [3.63, 3.8) is 0 Å². The minimum atomic E-state index is -0.298. The molecule has 0 aliphatic heterocycles. The predicted molar refractivity (Wildman–Crippen MR) is 94.8 cm³/mol. The molecule has 3 N–H and O–H groups in total. The molecule has 0 radical (unpaired) electrons. The molecule has 1 atom stereocenters. The van der Waals surface area contributed by atoms with Crippen LogP contribution in [0.25, 0.3) is 11.3 Å². The van der Waals surface area contributed by atoms with Gasteiger partial charge in [-0.3, -0.25) is 4.79 Å². The lowest BCUT2D eigenvalue weighted by molar-refractivity contribution is 0.0970. The van der Waals surface area contributed by atoms with Crippen LogP contribution >= 0.6 is 0 Å². The number of nitrogens with one attached hydrogen (secondary N) is 1. The van der Waals surface area contributed by atoms with E-state index in [2.05, 4.69) is 19.6 Å². The third-order valence-electron chi connectivity index (χ3n) is 4.25. The number of rotatable bonds is 9. The number of unbranched alkanes of at least 4 members (excludes halogenated alkanes) is 2. The zero-order valence-electron chi connectivity index (χ0n) is 14.3. The number of aromatic amines is 1. The lowest BCUT2D eigenvalue weighted by Gasteiger charge is -2.08. The van der Waals surface area contributed by atoms with Gasteiger partial charge in [0.2, 0.25) is 0 Å². The second-order valence-electron chi connectivity index (χ2n) is 6.18. The number of Topliss-reactive ketones (excluding diaryl/α,β-unsaturated/α-hetero) is 1. The molecule has 2 aromatic heterocycles. The van der Waals surface area contributed by atoms with Gasteiger partial charge in [0.15, 0.2) is 5.78 Å². The first kappa shape index (κ1) is 18.0. The van der Waals surface area contributed by atoms with Crippen molar-refractivity contribution in [2.24, 2.45) is 5.73 Å². The molecule has 2 heterocycles. The molecule has 0 amide bonds. The van der Waals surface area contributed by atoms with Crippen molar-refractivity contribution in [1.29, 1.82) is 0 Å². The highest BCUT2D eigenvalue weighted by Gasteiger charge is 2.13. The van der Waals surface area contributed by atoms with E-state index in [4.69, 9.17) is 5.73 Å². The second-order valence-corrected chi connectivity index (χ2v) is 6.18. The number of aromatic nitrogens is 3.